The molecule has 2 amide bonds. The topological polar surface area (TPSA) is 84.9 Å². The van der Waals surface area contributed by atoms with Crippen molar-refractivity contribution in [2.75, 3.05) is 18.5 Å². The Kier molecular flexibility index (Phi) is 7.97. The lowest BCUT2D eigenvalue weighted by Crippen LogP contribution is -2.49. The molecule has 1 aliphatic heterocycles. The van der Waals surface area contributed by atoms with Gasteiger partial charge in [-0.2, -0.15) is 0 Å². The average Bonchev–Trinajstić information content (AvgIpc) is 2.79. The third kappa shape index (κ3) is 6.50. The number of hydrogen-bond donors (Lipinski definition) is 1. The van der Waals surface area contributed by atoms with Crippen molar-refractivity contribution in [3.63, 3.8) is 0 Å². The number of benzene rings is 2. The van der Waals surface area contributed by atoms with E-state index >= 15 is 0 Å². The number of amides is 2. The van der Waals surface area contributed by atoms with Crippen LogP contribution in [0.1, 0.15) is 43.5 Å². The van der Waals surface area contributed by atoms with Crippen LogP contribution in [-0.2, 0) is 14.3 Å². The van der Waals surface area contributed by atoms with E-state index in [1.54, 1.807) is 0 Å². The van der Waals surface area contributed by atoms with E-state index in [1.165, 1.54) is 30.3 Å². The largest absolute Gasteiger partial charge is 0.484 e. The fraction of sp³-hybridized carbons (Fsp3) is 0.375. The standard InChI is InChI=1S/C24H26F2N2O5/c1-15-4-3-5-16(2)28(15)23(30)14-32-19-9-6-17(7-10-19)24(31)33-13-22(29)27-18-8-11-20(25)21(26)12-18/h6-12,15-16H,3-5,13-14H2,1-2H3,(H,27,29). The van der Waals surface area contributed by atoms with Gasteiger partial charge in [-0.3, -0.25) is 9.59 Å². The fourth-order valence-electron chi connectivity index (χ4n) is 3.81. The summed E-state index contributed by atoms with van der Waals surface area (Å²) in [5.41, 5.74) is 0.229. The maximum Gasteiger partial charge on any atom is 0.338 e. The van der Waals surface area contributed by atoms with Crippen molar-refractivity contribution in [2.24, 2.45) is 0 Å². The molecule has 0 aromatic heterocycles. The Labute approximate surface area is 190 Å². The summed E-state index contributed by atoms with van der Waals surface area (Å²) >= 11 is 0. The molecule has 2 aromatic rings. The number of rotatable bonds is 7. The molecule has 1 fully saturated rings. The van der Waals surface area contributed by atoms with Crippen LogP contribution in [0.5, 0.6) is 5.75 Å². The maximum atomic E-state index is 13.2. The van der Waals surface area contributed by atoms with E-state index in [9.17, 15) is 23.2 Å². The number of piperidine rings is 1. The first-order valence-corrected chi connectivity index (χ1v) is 10.7. The quantitative estimate of drug-likeness (QED) is 0.633. The highest BCUT2D eigenvalue weighted by molar-refractivity contribution is 5.95. The molecule has 0 bridgehead atoms. The van der Waals surface area contributed by atoms with Crippen molar-refractivity contribution in [3.05, 3.63) is 59.7 Å². The Hall–Kier alpha value is -3.49. The van der Waals surface area contributed by atoms with E-state index in [2.05, 4.69) is 5.32 Å². The van der Waals surface area contributed by atoms with Gasteiger partial charge in [-0.05, 0) is 69.5 Å². The van der Waals surface area contributed by atoms with Gasteiger partial charge in [-0.1, -0.05) is 0 Å². The maximum absolute atomic E-state index is 13.2. The van der Waals surface area contributed by atoms with Gasteiger partial charge in [0.1, 0.15) is 5.75 Å². The normalized spacial score (nSPS) is 17.9. The number of nitrogens with zero attached hydrogens (tertiary/aromatic N) is 1. The monoisotopic (exact) mass is 460 g/mol. The van der Waals surface area contributed by atoms with E-state index in [4.69, 9.17) is 9.47 Å². The summed E-state index contributed by atoms with van der Waals surface area (Å²) in [6, 6.07) is 9.25. The van der Waals surface area contributed by atoms with Crippen LogP contribution in [0.25, 0.3) is 0 Å². The van der Waals surface area contributed by atoms with Gasteiger partial charge >= 0.3 is 5.97 Å². The van der Waals surface area contributed by atoms with Crippen molar-refractivity contribution < 1.29 is 32.6 Å². The summed E-state index contributed by atoms with van der Waals surface area (Å²) < 4.78 is 36.6. The molecule has 1 saturated heterocycles. The molecule has 2 unspecified atom stereocenters. The lowest BCUT2D eigenvalue weighted by Gasteiger charge is -2.38. The Morgan fingerprint density at radius 2 is 1.64 bits per heavy atom. The molecular weight excluding hydrogens is 434 g/mol. The number of anilines is 1. The molecule has 33 heavy (non-hydrogen) atoms. The summed E-state index contributed by atoms with van der Waals surface area (Å²) in [5, 5.41) is 2.31. The van der Waals surface area contributed by atoms with Gasteiger partial charge in [0.15, 0.2) is 24.8 Å². The minimum Gasteiger partial charge on any atom is -0.484 e. The minimum atomic E-state index is -1.10. The highest BCUT2D eigenvalue weighted by Gasteiger charge is 2.29. The number of nitrogens with one attached hydrogen (secondary N) is 1. The molecule has 0 radical (unpaired) electrons. The summed E-state index contributed by atoms with van der Waals surface area (Å²) in [6.07, 6.45) is 3.06. The number of esters is 1. The summed E-state index contributed by atoms with van der Waals surface area (Å²) in [6.45, 7) is 3.37. The number of ether oxygens (including phenoxy) is 2. The van der Waals surface area contributed by atoms with Crippen LogP contribution in [-0.4, -0.2) is 48.0 Å². The zero-order valence-electron chi connectivity index (χ0n) is 18.5. The first-order valence-electron chi connectivity index (χ1n) is 10.7. The Morgan fingerprint density at radius 1 is 0.970 bits per heavy atom. The highest BCUT2D eigenvalue weighted by atomic mass is 19.2. The molecule has 2 atom stereocenters. The van der Waals surface area contributed by atoms with Gasteiger partial charge in [-0.25, -0.2) is 13.6 Å². The van der Waals surface area contributed by atoms with Gasteiger partial charge in [0.2, 0.25) is 0 Å². The lowest BCUT2D eigenvalue weighted by molar-refractivity contribution is -0.139. The molecule has 1 aliphatic rings. The second-order valence-corrected chi connectivity index (χ2v) is 8.00. The Morgan fingerprint density at radius 3 is 2.27 bits per heavy atom. The summed E-state index contributed by atoms with van der Waals surface area (Å²) in [7, 11) is 0. The third-order valence-corrected chi connectivity index (χ3v) is 5.47. The lowest BCUT2D eigenvalue weighted by atomic mass is 9.97. The molecule has 7 nitrogen and oxygen atoms in total. The van der Waals surface area contributed by atoms with Crippen molar-refractivity contribution in [1.29, 1.82) is 0 Å². The smallest absolute Gasteiger partial charge is 0.338 e. The predicted octanol–water partition coefficient (Wildman–Crippen LogP) is 3.93. The molecule has 1 N–H and O–H groups in total. The van der Waals surface area contributed by atoms with E-state index in [1.807, 2.05) is 18.7 Å². The fourth-order valence-corrected chi connectivity index (χ4v) is 3.81. The number of hydrogen-bond acceptors (Lipinski definition) is 5. The average molecular weight is 460 g/mol. The molecule has 0 saturated carbocycles. The van der Waals surface area contributed by atoms with Crippen LogP contribution in [0, 0.1) is 11.6 Å². The number of halogens is 2. The molecule has 176 valence electrons. The van der Waals surface area contributed by atoms with E-state index in [0.29, 0.717) is 5.75 Å². The van der Waals surface area contributed by atoms with Crippen LogP contribution in [0.4, 0.5) is 14.5 Å². The molecule has 1 heterocycles. The van der Waals surface area contributed by atoms with Crippen LogP contribution in [0.2, 0.25) is 0 Å². The van der Waals surface area contributed by atoms with Crippen LogP contribution < -0.4 is 10.1 Å². The zero-order chi connectivity index (χ0) is 24.0. The van der Waals surface area contributed by atoms with Crippen molar-refractivity contribution >= 4 is 23.5 Å². The SMILES string of the molecule is CC1CCCC(C)N1C(=O)COc1ccc(C(=O)OCC(=O)Nc2ccc(F)c(F)c2)cc1. The molecule has 0 aliphatic carbocycles. The summed E-state index contributed by atoms with van der Waals surface area (Å²) in [4.78, 5) is 38.4. The van der Waals surface area contributed by atoms with Gasteiger partial charge in [0.25, 0.3) is 11.8 Å². The van der Waals surface area contributed by atoms with Gasteiger partial charge in [0, 0.05) is 23.8 Å². The van der Waals surface area contributed by atoms with Crippen molar-refractivity contribution in [2.45, 2.75) is 45.2 Å². The third-order valence-electron chi connectivity index (χ3n) is 5.47. The highest BCUT2D eigenvalue weighted by Crippen LogP contribution is 2.23. The second kappa shape index (κ2) is 10.9. The summed E-state index contributed by atoms with van der Waals surface area (Å²) in [5.74, 6) is -3.23. The van der Waals surface area contributed by atoms with Crippen LogP contribution >= 0.6 is 0 Å². The van der Waals surface area contributed by atoms with Crippen LogP contribution in [0.3, 0.4) is 0 Å². The van der Waals surface area contributed by atoms with Gasteiger partial charge in [0.05, 0.1) is 5.56 Å². The van der Waals surface area contributed by atoms with E-state index < -0.39 is 30.1 Å². The number of carbonyl (C=O) groups excluding carboxylic acids is 3. The Bertz CT molecular complexity index is 1000. The van der Waals surface area contributed by atoms with Crippen LogP contribution in [0.15, 0.2) is 42.5 Å². The predicted molar refractivity (Wildman–Crippen MR) is 117 cm³/mol. The zero-order valence-corrected chi connectivity index (χ0v) is 18.5. The van der Waals surface area contributed by atoms with Crippen molar-refractivity contribution in [3.8, 4) is 5.75 Å². The molecular formula is C24H26F2N2O5. The number of carbonyl (C=O) groups is 3. The minimum absolute atomic E-state index is 0.0411. The van der Waals surface area contributed by atoms with Gasteiger partial charge < -0.3 is 19.7 Å². The van der Waals surface area contributed by atoms with Crippen molar-refractivity contribution in [1.82, 2.24) is 4.90 Å². The second-order valence-electron chi connectivity index (χ2n) is 8.00. The molecule has 9 heteroatoms. The van der Waals surface area contributed by atoms with E-state index in [0.717, 1.165) is 31.4 Å². The number of likely N-dealkylation sites (tertiary alicyclic amines) is 1. The first kappa shape index (κ1) is 24.2. The molecule has 2 aromatic carbocycles. The van der Waals surface area contributed by atoms with Gasteiger partial charge in [-0.15, -0.1) is 0 Å². The van der Waals surface area contributed by atoms with E-state index in [-0.39, 0.29) is 35.8 Å². The molecule has 0 spiro atoms. The first-order chi connectivity index (χ1) is 15.7. The molecule has 3 rings (SSSR count). The Balaban J connectivity index is 1.46.